The van der Waals surface area contributed by atoms with Gasteiger partial charge in [0.2, 0.25) is 17.7 Å². The van der Waals surface area contributed by atoms with Gasteiger partial charge in [-0.15, -0.1) is 0 Å². The van der Waals surface area contributed by atoms with Crippen LogP contribution in [0.5, 0.6) is 0 Å². The first-order valence-corrected chi connectivity index (χ1v) is 19.4. The van der Waals surface area contributed by atoms with Crippen molar-refractivity contribution in [3.8, 4) is 0 Å². The SMILES string of the molecule is CCCC(CC(C)C)C(=O)c1ccc(C(=O)NC(C)(C)CCOC(C)(C)CCC(=O)NC(C(=O)NCC(=O)Nc2ccc(COC(C)=O)cc2)C(C)C)cc1. The Morgan fingerprint density at radius 1 is 0.800 bits per heavy atom. The lowest BCUT2D eigenvalue weighted by molar-refractivity contribution is -0.142. The molecular weight excluding hydrogens is 700 g/mol. The van der Waals surface area contributed by atoms with Crippen LogP contribution in [0.25, 0.3) is 0 Å². The second-order valence-corrected chi connectivity index (χ2v) is 16.3. The fourth-order valence-electron chi connectivity index (χ4n) is 5.94. The predicted octanol–water partition coefficient (Wildman–Crippen LogP) is 6.76. The summed E-state index contributed by atoms with van der Waals surface area (Å²) in [4.78, 5) is 75.6. The normalized spacial score (nSPS) is 12.8. The van der Waals surface area contributed by atoms with Gasteiger partial charge in [0, 0.05) is 48.2 Å². The maximum Gasteiger partial charge on any atom is 0.302 e. The molecule has 4 N–H and O–H groups in total. The average Bonchev–Trinajstić information content (AvgIpc) is 3.10. The number of ether oxygens (including phenoxy) is 2. The number of anilines is 1. The number of nitrogens with one attached hydrogen (secondary N) is 4. The number of ketones is 1. The summed E-state index contributed by atoms with van der Waals surface area (Å²) < 4.78 is 11.1. The van der Waals surface area contributed by atoms with E-state index in [1.54, 1.807) is 48.5 Å². The van der Waals surface area contributed by atoms with Crippen LogP contribution in [0.15, 0.2) is 48.5 Å². The molecule has 2 aromatic rings. The van der Waals surface area contributed by atoms with Crippen LogP contribution in [0, 0.1) is 17.8 Å². The molecule has 55 heavy (non-hydrogen) atoms. The molecule has 2 atom stereocenters. The van der Waals surface area contributed by atoms with Gasteiger partial charge in [-0.1, -0.05) is 65.3 Å². The van der Waals surface area contributed by atoms with Crippen molar-refractivity contribution in [3.63, 3.8) is 0 Å². The van der Waals surface area contributed by atoms with Gasteiger partial charge in [-0.3, -0.25) is 28.8 Å². The lowest BCUT2D eigenvalue weighted by Gasteiger charge is -2.30. The third-order valence-electron chi connectivity index (χ3n) is 9.19. The molecule has 304 valence electrons. The quantitative estimate of drug-likeness (QED) is 0.0711. The minimum Gasteiger partial charge on any atom is -0.461 e. The number of carbonyl (C=O) groups is 6. The third kappa shape index (κ3) is 17.6. The highest BCUT2D eigenvalue weighted by molar-refractivity contribution is 6.00. The second kappa shape index (κ2) is 22.1. The monoisotopic (exact) mass is 764 g/mol. The molecule has 0 radical (unpaired) electrons. The molecule has 2 aromatic carbocycles. The van der Waals surface area contributed by atoms with Gasteiger partial charge in [-0.05, 0) is 95.0 Å². The Bertz CT molecular complexity index is 1580. The van der Waals surface area contributed by atoms with Crippen molar-refractivity contribution >= 4 is 41.1 Å². The number of benzene rings is 2. The van der Waals surface area contributed by atoms with Crippen molar-refractivity contribution in [2.45, 2.75) is 132 Å². The van der Waals surface area contributed by atoms with E-state index >= 15 is 0 Å². The minimum atomic E-state index is -0.839. The largest absolute Gasteiger partial charge is 0.461 e. The number of amides is 4. The summed E-state index contributed by atoms with van der Waals surface area (Å²) >= 11 is 0. The Balaban J connectivity index is 1.80. The number of Topliss-reactive ketones (excluding diaryl/α,β-unsaturated/α-hetero) is 1. The first kappa shape index (κ1) is 46.6. The summed E-state index contributed by atoms with van der Waals surface area (Å²) in [5.41, 5.74) is 1.15. The molecule has 0 spiro atoms. The van der Waals surface area contributed by atoms with Crippen LogP contribution in [0.1, 0.15) is 134 Å². The van der Waals surface area contributed by atoms with Gasteiger partial charge in [0.25, 0.3) is 5.91 Å². The van der Waals surface area contributed by atoms with Crippen LogP contribution in [0.4, 0.5) is 5.69 Å². The number of carbonyl (C=O) groups excluding carboxylic acids is 6. The molecule has 0 fully saturated rings. The Hall–Kier alpha value is -4.58. The maximum atomic E-state index is 13.1. The molecule has 2 rings (SSSR count). The van der Waals surface area contributed by atoms with Crippen LogP contribution in [-0.4, -0.2) is 65.7 Å². The first-order chi connectivity index (χ1) is 25.7. The Morgan fingerprint density at radius 2 is 1.42 bits per heavy atom. The zero-order chi connectivity index (χ0) is 41.3. The lowest BCUT2D eigenvalue weighted by atomic mass is 9.86. The lowest BCUT2D eigenvalue weighted by Crippen LogP contribution is -2.51. The van der Waals surface area contributed by atoms with Gasteiger partial charge in [0.15, 0.2) is 5.78 Å². The maximum absolute atomic E-state index is 13.1. The number of hydrogen-bond acceptors (Lipinski definition) is 8. The van der Waals surface area contributed by atoms with Gasteiger partial charge in [0.1, 0.15) is 12.6 Å². The molecule has 0 bridgehead atoms. The first-order valence-electron chi connectivity index (χ1n) is 19.4. The molecule has 12 nitrogen and oxygen atoms in total. The van der Waals surface area contributed by atoms with Crippen LogP contribution in [0.2, 0.25) is 0 Å². The Kier molecular flexibility index (Phi) is 18.7. The van der Waals surface area contributed by atoms with E-state index in [1.807, 2.05) is 41.5 Å². The molecule has 4 amide bonds. The fraction of sp³-hybridized carbons (Fsp3) is 0.581. The van der Waals surface area contributed by atoms with Gasteiger partial charge in [0.05, 0.1) is 12.1 Å². The Morgan fingerprint density at radius 3 is 1.98 bits per heavy atom. The van der Waals surface area contributed by atoms with E-state index in [0.717, 1.165) is 24.8 Å². The van der Waals surface area contributed by atoms with Crippen LogP contribution < -0.4 is 21.3 Å². The van der Waals surface area contributed by atoms with E-state index in [0.29, 0.717) is 42.2 Å². The van der Waals surface area contributed by atoms with Crippen molar-refractivity contribution in [3.05, 3.63) is 65.2 Å². The van der Waals surface area contributed by atoms with Gasteiger partial charge < -0.3 is 30.7 Å². The number of rotatable bonds is 23. The van der Waals surface area contributed by atoms with Crippen molar-refractivity contribution in [1.82, 2.24) is 16.0 Å². The molecule has 0 aliphatic carbocycles. The van der Waals surface area contributed by atoms with Crippen molar-refractivity contribution in [2.75, 3.05) is 18.5 Å². The van der Waals surface area contributed by atoms with E-state index in [1.165, 1.54) is 6.92 Å². The van der Waals surface area contributed by atoms with Crippen molar-refractivity contribution in [1.29, 1.82) is 0 Å². The summed E-state index contributed by atoms with van der Waals surface area (Å²) in [6.07, 6.45) is 3.66. The number of esters is 1. The molecule has 0 saturated carbocycles. The highest BCUT2D eigenvalue weighted by Crippen LogP contribution is 2.23. The molecule has 0 aliphatic rings. The summed E-state index contributed by atoms with van der Waals surface area (Å²) in [7, 11) is 0. The zero-order valence-electron chi connectivity index (χ0n) is 34.6. The summed E-state index contributed by atoms with van der Waals surface area (Å²) in [6, 6.07) is 12.8. The molecule has 2 unspecified atom stereocenters. The van der Waals surface area contributed by atoms with E-state index in [2.05, 4.69) is 42.0 Å². The van der Waals surface area contributed by atoms with Crippen LogP contribution in [0.3, 0.4) is 0 Å². The van der Waals surface area contributed by atoms with Crippen molar-refractivity contribution in [2.24, 2.45) is 17.8 Å². The topological polar surface area (TPSA) is 169 Å². The summed E-state index contributed by atoms with van der Waals surface area (Å²) in [5.74, 6) is -1.53. The highest BCUT2D eigenvalue weighted by Gasteiger charge is 2.28. The number of hydrogen-bond donors (Lipinski definition) is 4. The summed E-state index contributed by atoms with van der Waals surface area (Å²) in [5, 5.41) is 11.2. The molecule has 0 aromatic heterocycles. The second-order valence-electron chi connectivity index (χ2n) is 16.3. The molecular formula is C43H64N4O8. The Labute approximate surface area is 327 Å². The van der Waals surface area contributed by atoms with Crippen LogP contribution in [-0.2, 0) is 35.3 Å². The standard InChI is InChI=1S/C43H64N4O8/c1-11-12-34(25-28(2)3)39(51)32-15-17-33(18-16-32)40(52)47-42(7,8)23-24-55-43(9,10)22-21-36(49)46-38(29(4)5)41(53)44-26-37(50)45-35-19-13-31(14-20-35)27-54-30(6)48/h13-20,28-29,34,38H,11-12,21-27H2,1-10H3,(H,44,53)(H,45,50)(H,46,49)(H,47,52). The molecule has 0 heterocycles. The highest BCUT2D eigenvalue weighted by atomic mass is 16.5. The zero-order valence-corrected chi connectivity index (χ0v) is 34.6. The van der Waals surface area contributed by atoms with E-state index in [4.69, 9.17) is 9.47 Å². The van der Waals surface area contributed by atoms with Crippen LogP contribution >= 0.6 is 0 Å². The average molecular weight is 765 g/mol. The van der Waals surface area contributed by atoms with Crippen molar-refractivity contribution < 1.29 is 38.2 Å². The van der Waals surface area contributed by atoms with E-state index in [9.17, 15) is 28.8 Å². The molecule has 12 heteroatoms. The molecule has 0 aliphatic heterocycles. The molecule has 0 saturated heterocycles. The predicted molar refractivity (Wildman–Crippen MR) is 214 cm³/mol. The van der Waals surface area contributed by atoms with Gasteiger partial charge in [-0.25, -0.2) is 0 Å². The third-order valence-corrected chi connectivity index (χ3v) is 9.19. The minimum absolute atomic E-state index is 0.0165. The smallest absolute Gasteiger partial charge is 0.302 e. The van der Waals surface area contributed by atoms with Gasteiger partial charge >= 0.3 is 5.97 Å². The fourth-order valence-corrected chi connectivity index (χ4v) is 5.94. The van der Waals surface area contributed by atoms with Gasteiger partial charge in [-0.2, -0.15) is 0 Å². The van der Waals surface area contributed by atoms with E-state index in [-0.39, 0.29) is 55.0 Å². The van der Waals surface area contributed by atoms with E-state index < -0.39 is 29.0 Å². The summed E-state index contributed by atoms with van der Waals surface area (Å²) in [6.45, 7) is 19.1.